The Morgan fingerprint density at radius 3 is 3.05 bits per heavy atom. The van der Waals surface area contributed by atoms with E-state index in [1.165, 1.54) is 11.1 Å². The van der Waals surface area contributed by atoms with Crippen LogP contribution in [0.4, 0.5) is 0 Å². The smallest absolute Gasteiger partial charge is 0.227 e. The maximum Gasteiger partial charge on any atom is 0.227 e. The van der Waals surface area contributed by atoms with Crippen molar-refractivity contribution in [3.05, 3.63) is 35.4 Å². The first-order chi connectivity index (χ1) is 9.83. The highest BCUT2D eigenvalue weighted by atomic mass is 16.5. The number of amides is 1. The number of aliphatic hydroxyl groups excluding tert-OH is 1. The minimum Gasteiger partial charge on any atom is -0.394 e. The lowest BCUT2D eigenvalue weighted by Gasteiger charge is -2.24. The molecule has 1 amide bonds. The molecule has 1 atom stereocenters. The van der Waals surface area contributed by atoms with Crippen LogP contribution in [0.1, 0.15) is 36.3 Å². The van der Waals surface area contributed by atoms with Crippen LogP contribution in [-0.2, 0) is 16.0 Å². The van der Waals surface area contributed by atoms with Crippen LogP contribution in [0.15, 0.2) is 24.3 Å². The molecule has 1 unspecified atom stereocenters. The predicted octanol–water partition coefficient (Wildman–Crippen LogP) is 1.62. The van der Waals surface area contributed by atoms with Gasteiger partial charge in [0.2, 0.25) is 5.91 Å². The van der Waals surface area contributed by atoms with Crippen molar-refractivity contribution in [1.82, 2.24) is 5.32 Å². The summed E-state index contributed by atoms with van der Waals surface area (Å²) in [6.07, 6.45) is 3.87. The van der Waals surface area contributed by atoms with Gasteiger partial charge in [-0.2, -0.15) is 0 Å². The largest absolute Gasteiger partial charge is 0.394 e. The van der Waals surface area contributed by atoms with Gasteiger partial charge in [0.05, 0.1) is 19.1 Å². The van der Waals surface area contributed by atoms with E-state index in [9.17, 15) is 4.79 Å². The van der Waals surface area contributed by atoms with E-state index in [1.807, 2.05) is 12.1 Å². The van der Waals surface area contributed by atoms with Crippen molar-refractivity contribution in [3.63, 3.8) is 0 Å². The Bertz CT molecular complexity index is 433. The number of hydrogen-bond acceptors (Lipinski definition) is 3. The third kappa shape index (κ3) is 4.05. The molecule has 2 rings (SSSR count). The Morgan fingerprint density at radius 1 is 1.35 bits per heavy atom. The molecule has 0 radical (unpaired) electrons. The zero-order valence-electron chi connectivity index (χ0n) is 11.8. The van der Waals surface area contributed by atoms with Crippen molar-refractivity contribution >= 4 is 5.91 Å². The van der Waals surface area contributed by atoms with Crippen LogP contribution in [0.2, 0.25) is 0 Å². The van der Waals surface area contributed by atoms with E-state index in [2.05, 4.69) is 17.4 Å². The first kappa shape index (κ1) is 15.0. The van der Waals surface area contributed by atoms with E-state index in [0.717, 1.165) is 25.7 Å². The van der Waals surface area contributed by atoms with Gasteiger partial charge >= 0.3 is 0 Å². The number of aryl methyl sites for hydroxylation is 1. The number of carbonyl (C=O) groups is 1. The van der Waals surface area contributed by atoms with Gasteiger partial charge in [-0.25, -0.2) is 0 Å². The molecule has 4 heteroatoms. The van der Waals surface area contributed by atoms with Crippen LogP contribution in [0, 0.1) is 0 Å². The zero-order valence-corrected chi connectivity index (χ0v) is 11.8. The highest BCUT2D eigenvalue weighted by Gasteiger charge is 2.25. The molecule has 4 nitrogen and oxygen atoms in total. The number of carbonyl (C=O) groups excluding carboxylic acids is 1. The van der Waals surface area contributed by atoms with E-state index >= 15 is 0 Å². The molecule has 0 saturated carbocycles. The van der Waals surface area contributed by atoms with Crippen LogP contribution in [0.25, 0.3) is 0 Å². The van der Waals surface area contributed by atoms with Gasteiger partial charge in [-0.1, -0.05) is 24.3 Å². The number of aliphatic hydroxyl groups is 1. The lowest BCUT2D eigenvalue weighted by Crippen LogP contribution is -2.32. The van der Waals surface area contributed by atoms with E-state index in [0.29, 0.717) is 19.8 Å². The Hall–Kier alpha value is -1.39. The number of rotatable bonds is 7. The summed E-state index contributed by atoms with van der Waals surface area (Å²) < 4.78 is 5.17. The molecule has 0 heterocycles. The average Bonchev–Trinajstić information content (AvgIpc) is 2.50. The van der Waals surface area contributed by atoms with E-state index < -0.39 is 0 Å². The van der Waals surface area contributed by atoms with Gasteiger partial charge in [0, 0.05) is 13.2 Å². The van der Waals surface area contributed by atoms with Gasteiger partial charge in [-0.3, -0.25) is 4.79 Å². The molecule has 0 saturated heterocycles. The lowest BCUT2D eigenvalue weighted by atomic mass is 9.82. The number of benzene rings is 1. The molecule has 0 bridgehead atoms. The fraction of sp³-hybridized carbons (Fsp3) is 0.562. The topological polar surface area (TPSA) is 58.6 Å². The predicted molar refractivity (Wildman–Crippen MR) is 77.7 cm³/mol. The first-order valence-corrected chi connectivity index (χ1v) is 7.37. The van der Waals surface area contributed by atoms with E-state index in [4.69, 9.17) is 9.84 Å². The molecule has 1 aliphatic rings. The first-order valence-electron chi connectivity index (χ1n) is 7.37. The highest BCUT2D eigenvalue weighted by molar-refractivity contribution is 5.84. The maximum absolute atomic E-state index is 12.3. The van der Waals surface area contributed by atoms with Gasteiger partial charge in [0.1, 0.15) is 0 Å². The van der Waals surface area contributed by atoms with Gasteiger partial charge < -0.3 is 15.2 Å². The third-order valence-corrected chi connectivity index (χ3v) is 3.69. The second-order valence-corrected chi connectivity index (χ2v) is 5.12. The highest BCUT2D eigenvalue weighted by Crippen LogP contribution is 2.31. The van der Waals surface area contributed by atoms with Crippen LogP contribution < -0.4 is 5.32 Å². The van der Waals surface area contributed by atoms with Crippen LogP contribution >= 0.6 is 0 Å². The normalized spacial score (nSPS) is 17.6. The molecule has 1 aliphatic carbocycles. The summed E-state index contributed by atoms with van der Waals surface area (Å²) in [5, 5.41) is 11.6. The average molecular weight is 277 g/mol. The molecule has 0 spiro atoms. The van der Waals surface area contributed by atoms with Gasteiger partial charge in [-0.15, -0.1) is 0 Å². The fourth-order valence-corrected chi connectivity index (χ4v) is 2.70. The van der Waals surface area contributed by atoms with Gasteiger partial charge in [0.25, 0.3) is 0 Å². The molecule has 1 aromatic rings. The van der Waals surface area contributed by atoms with Gasteiger partial charge in [-0.05, 0) is 36.8 Å². The number of hydrogen-bond donors (Lipinski definition) is 2. The number of fused-ring (bicyclic) bond motifs is 1. The monoisotopic (exact) mass is 277 g/mol. The van der Waals surface area contributed by atoms with Crippen molar-refractivity contribution in [2.24, 2.45) is 0 Å². The molecule has 110 valence electrons. The van der Waals surface area contributed by atoms with Crippen molar-refractivity contribution in [2.45, 2.75) is 31.6 Å². The number of nitrogens with one attached hydrogen (secondary N) is 1. The van der Waals surface area contributed by atoms with E-state index in [-0.39, 0.29) is 18.4 Å². The van der Waals surface area contributed by atoms with Crippen molar-refractivity contribution in [2.75, 3.05) is 26.4 Å². The van der Waals surface area contributed by atoms with E-state index in [1.54, 1.807) is 0 Å². The molecule has 0 aliphatic heterocycles. The summed E-state index contributed by atoms with van der Waals surface area (Å²) in [6.45, 7) is 1.61. The van der Waals surface area contributed by atoms with Crippen molar-refractivity contribution < 1.29 is 14.6 Å². The summed E-state index contributed by atoms with van der Waals surface area (Å²) in [4.78, 5) is 12.3. The molecule has 0 fully saturated rings. The van der Waals surface area contributed by atoms with Gasteiger partial charge in [0.15, 0.2) is 0 Å². The molecular formula is C16H23NO3. The second kappa shape index (κ2) is 8.02. The summed E-state index contributed by atoms with van der Waals surface area (Å²) in [7, 11) is 0. The molecule has 1 aromatic carbocycles. The molecule has 20 heavy (non-hydrogen) atoms. The Balaban J connectivity index is 1.79. The minimum atomic E-state index is -0.00156. The molecule has 2 N–H and O–H groups in total. The third-order valence-electron chi connectivity index (χ3n) is 3.69. The van der Waals surface area contributed by atoms with Crippen LogP contribution in [-0.4, -0.2) is 37.4 Å². The van der Waals surface area contributed by atoms with Crippen LogP contribution in [0.3, 0.4) is 0 Å². The summed E-state index contributed by atoms with van der Waals surface area (Å²) in [5.41, 5.74) is 2.50. The summed E-state index contributed by atoms with van der Waals surface area (Å²) in [5.74, 6) is 0.123. The minimum absolute atomic E-state index is 0.00156. The Labute approximate surface area is 120 Å². The SMILES string of the molecule is O=C(NCCCOCCO)C1CCCc2ccccc21. The van der Waals surface area contributed by atoms with Crippen LogP contribution in [0.5, 0.6) is 0 Å². The Morgan fingerprint density at radius 2 is 2.20 bits per heavy atom. The summed E-state index contributed by atoms with van der Waals surface area (Å²) in [6, 6.07) is 8.24. The summed E-state index contributed by atoms with van der Waals surface area (Å²) >= 11 is 0. The molecule has 0 aromatic heterocycles. The standard InChI is InChI=1S/C16H23NO3/c18-10-12-20-11-4-9-17-16(19)15-8-3-6-13-5-1-2-7-14(13)15/h1-2,5,7,15,18H,3-4,6,8-12H2,(H,17,19). The number of ether oxygens (including phenoxy) is 1. The lowest BCUT2D eigenvalue weighted by molar-refractivity contribution is -0.122. The maximum atomic E-state index is 12.3. The fourth-order valence-electron chi connectivity index (χ4n) is 2.70. The van der Waals surface area contributed by atoms with Crippen molar-refractivity contribution in [1.29, 1.82) is 0 Å². The second-order valence-electron chi connectivity index (χ2n) is 5.12. The van der Waals surface area contributed by atoms with Crippen molar-refractivity contribution in [3.8, 4) is 0 Å². The zero-order chi connectivity index (χ0) is 14.2. The Kier molecular flexibility index (Phi) is 6.02. The quantitative estimate of drug-likeness (QED) is 0.745. The molecular weight excluding hydrogens is 254 g/mol.